The second-order valence-corrected chi connectivity index (χ2v) is 2.16. The Kier molecular flexibility index (Phi) is 4.77. The highest BCUT2D eigenvalue weighted by atomic mass is 15.3. The Morgan fingerprint density at radius 1 is 1.50 bits per heavy atom. The van der Waals surface area contributed by atoms with Gasteiger partial charge >= 0.3 is 0 Å². The molecule has 0 spiro atoms. The number of allylic oxidation sites excluding steroid dienone is 1. The minimum absolute atomic E-state index is 0.998. The standard InChI is InChI=1S/C8H10N2.C2H6/c1-7(2)8-5-4-6-10(8)9-3;1-2/h4-6H,1,3H2,2H3;1-2H3. The fourth-order valence-electron chi connectivity index (χ4n) is 0.833. The Balaban J connectivity index is 0.000000561. The predicted octanol–water partition coefficient (Wildman–Crippen LogP) is 3.01. The van der Waals surface area contributed by atoms with E-state index in [1.54, 1.807) is 4.68 Å². The van der Waals surface area contributed by atoms with Gasteiger partial charge in [-0.05, 0) is 24.6 Å². The van der Waals surface area contributed by atoms with Gasteiger partial charge in [-0.3, -0.25) is 0 Å². The van der Waals surface area contributed by atoms with Gasteiger partial charge in [-0.2, -0.15) is 5.10 Å². The zero-order valence-electron chi connectivity index (χ0n) is 8.04. The Morgan fingerprint density at radius 3 is 2.42 bits per heavy atom. The van der Waals surface area contributed by atoms with E-state index in [0.717, 1.165) is 11.3 Å². The Bertz CT molecular complexity index is 259. The average molecular weight is 164 g/mol. The largest absolute Gasteiger partial charge is 0.241 e. The van der Waals surface area contributed by atoms with Gasteiger partial charge in [0.25, 0.3) is 0 Å². The summed E-state index contributed by atoms with van der Waals surface area (Å²) in [6.45, 7) is 13.2. The number of rotatable bonds is 2. The van der Waals surface area contributed by atoms with Crippen LogP contribution >= 0.6 is 0 Å². The maximum atomic E-state index is 3.80. The zero-order valence-corrected chi connectivity index (χ0v) is 8.04. The van der Waals surface area contributed by atoms with Crippen LogP contribution in [0.5, 0.6) is 0 Å². The van der Waals surface area contributed by atoms with E-state index in [1.165, 1.54) is 0 Å². The van der Waals surface area contributed by atoms with Gasteiger partial charge in [0.15, 0.2) is 0 Å². The number of hydrogen-bond acceptors (Lipinski definition) is 1. The fourth-order valence-corrected chi connectivity index (χ4v) is 0.833. The van der Waals surface area contributed by atoms with Gasteiger partial charge in [0.1, 0.15) is 0 Å². The smallest absolute Gasteiger partial charge is 0.0669 e. The summed E-state index contributed by atoms with van der Waals surface area (Å²) in [6.07, 6.45) is 1.84. The summed E-state index contributed by atoms with van der Waals surface area (Å²) in [4.78, 5) is 0. The van der Waals surface area contributed by atoms with E-state index >= 15 is 0 Å². The lowest BCUT2D eigenvalue weighted by Crippen LogP contribution is -1.89. The van der Waals surface area contributed by atoms with Crippen LogP contribution in [-0.2, 0) is 0 Å². The molecule has 1 aromatic heterocycles. The second-order valence-electron chi connectivity index (χ2n) is 2.16. The molecule has 0 saturated heterocycles. The number of aromatic nitrogens is 1. The molecule has 2 heteroatoms. The van der Waals surface area contributed by atoms with Crippen molar-refractivity contribution in [2.75, 3.05) is 0 Å². The van der Waals surface area contributed by atoms with Gasteiger partial charge in [0.2, 0.25) is 0 Å². The Labute approximate surface area is 74.2 Å². The SMILES string of the molecule is C=Nn1cccc1C(=C)C.CC. The molecule has 1 rings (SSSR count). The van der Waals surface area contributed by atoms with Crippen molar-refractivity contribution in [1.82, 2.24) is 4.68 Å². The molecule has 0 amide bonds. The van der Waals surface area contributed by atoms with Crippen LogP contribution in [-0.4, -0.2) is 11.4 Å². The van der Waals surface area contributed by atoms with E-state index in [2.05, 4.69) is 18.4 Å². The normalized spacial score (nSPS) is 8.25. The molecular weight excluding hydrogens is 148 g/mol. The van der Waals surface area contributed by atoms with Crippen LogP contribution in [0, 0.1) is 0 Å². The summed E-state index contributed by atoms with van der Waals surface area (Å²) in [6, 6.07) is 3.87. The molecule has 0 aliphatic heterocycles. The summed E-state index contributed by atoms with van der Waals surface area (Å²) in [5.41, 5.74) is 2.01. The van der Waals surface area contributed by atoms with Crippen molar-refractivity contribution >= 4 is 12.3 Å². The van der Waals surface area contributed by atoms with Crippen molar-refractivity contribution < 1.29 is 0 Å². The molecule has 0 radical (unpaired) electrons. The van der Waals surface area contributed by atoms with Crippen LogP contribution in [0.1, 0.15) is 26.5 Å². The van der Waals surface area contributed by atoms with Crippen LogP contribution in [0.2, 0.25) is 0 Å². The van der Waals surface area contributed by atoms with Crippen molar-refractivity contribution in [3.63, 3.8) is 0 Å². The van der Waals surface area contributed by atoms with E-state index in [9.17, 15) is 0 Å². The molecule has 1 aromatic rings. The topological polar surface area (TPSA) is 17.3 Å². The zero-order chi connectivity index (χ0) is 9.56. The molecule has 0 bridgehead atoms. The van der Waals surface area contributed by atoms with Crippen LogP contribution < -0.4 is 0 Å². The highest BCUT2D eigenvalue weighted by Gasteiger charge is 1.96. The van der Waals surface area contributed by atoms with Gasteiger partial charge in [-0.15, -0.1) is 0 Å². The van der Waals surface area contributed by atoms with Gasteiger partial charge in [0, 0.05) is 12.9 Å². The number of nitrogens with zero attached hydrogens (tertiary/aromatic N) is 2. The quantitative estimate of drug-likeness (QED) is 0.598. The summed E-state index contributed by atoms with van der Waals surface area (Å²) >= 11 is 0. The summed E-state index contributed by atoms with van der Waals surface area (Å²) in [7, 11) is 0. The van der Waals surface area contributed by atoms with Gasteiger partial charge < -0.3 is 0 Å². The first-order valence-electron chi connectivity index (χ1n) is 4.06. The van der Waals surface area contributed by atoms with E-state index in [-0.39, 0.29) is 0 Å². The molecule has 0 unspecified atom stereocenters. The molecule has 0 aromatic carbocycles. The molecule has 12 heavy (non-hydrogen) atoms. The fraction of sp³-hybridized carbons (Fsp3) is 0.300. The van der Waals surface area contributed by atoms with E-state index in [4.69, 9.17) is 0 Å². The lowest BCUT2D eigenvalue weighted by atomic mass is 10.2. The molecule has 0 fully saturated rings. The third-order valence-electron chi connectivity index (χ3n) is 1.32. The first-order chi connectivity index (χ1) is 5.75. The lowest BCUT2D eigenvalue weighted by Gasteiger charge is -1.99. The highest BCUT2D eigenvalue weighted by Crippen LogP contribution is 2.11. The van der Waals surface area contributed by atoms with Crippen LogP contribution in [0.4, 0.5) is 0 Å². The third kappa shape index (κ3) is 2.38. The first kappa shape index (κ1) is 10.7. The minimum atomic E-state index is 0.998. The Hall–Kier alpha value is -1.31. The third-order valence-corrected chi connectivity index (χ3v) is 1.32. The summed E-state index contributed by atoms with van der Waals surface area (Å²) < 4.78 is 1.70. The van der Waals surface area contributed by atoms with E-state index in [1.807, 2.05) is 39.1 Å². The maximum Gasteiger partial charge on any atom is 0.0669 e. The van der Waals surface area contributed by atoms with E-state index < -0.39 is 0 Å². The van der Waals surface area contributed by atoms with Crippen molar-refractivity contribution in [3.05, 3.63) is 30.6 Å². The summed E-state index contributed by atoms with van der Waals surface area (Å²) in [5, 5.41) is 3.76. The molecule has 66 valence electrons. The second kappa shape index (κ2) is 5.35. The minimum Gasteiger partial charge on any atom is -0.241 e. The van der Waals surface area contributed by atoms with Crippen molar-refractivity contribution in [3.8, 4) is 0 Å². The number of hydrogen-bond donors (Lipinski definition) is 0. The lowest BCUT2D eigenvalue weighted by molar-refractivity contribution is 0.881. The highest BCUT2D eigenvalue weighted by molar-refractivity contribution is 5.58. The molecule has 0 saturated carbocycles. The van der Waals surface area contributed by atoms with Crippen molar-refractivity contribution in [2.45, 2.75) is 20.8 Å². The molecule has 1 heterocycles. The molecule has 0 aliphatic carbocycles. The monoisotopic (exact) mass is 164 g/mol. The Morgan fingerprint density at radius 2 is 2.08 bits per heavy atom. The van der Waals surface area contributed by atoms with Crippen molar-refractivity contribution in [1.29, 1.82) is 0 Å². The first-order valence-corrected chi connectivity index (χ1v) is 4.06. The van der Waals surface area contributed by atoms with Gasteiger partial charge in [-0.1, -0.05) is 20.4 Å². The molecular formula is C10H16N2. The summed E-state index contributed by atoms with van der Waals surface area (Å²) in [5.74, 6) is 0. The molecule has 0 atom stereocenters. The van der Waals surface area contributed by atoms with E-state index in [0.29, 0.717) is 0 Å². The average Bonchev–Trinajstić information content (AvgIpc) is 2.55. The van der Waals surface area contributed by atoms with Crippen LogP contribution in [0.15, 0.2) is 30.0 Å². The maximum absolute atomic E-state index is 3.80. The van der Waals surface area contributed by atoms with Gasteiger partial charge in [0.05, 0.1) is 5.69 Å². The predicted molar refractivity (Wildman–Crippen MR) is 55.4 cm³/mol. The van der Waals surface area contributed by atoms with Crippen LogP contribution in [0.25, 0.3) is 5.57 Å². The van der Waals surface area contributed by atoms with Crippen LogP contribution in [0.3, 0.4) is 0 Å². The molecule has 0 N–H and O–H groups in total. The molecule has 0 aliphatic rings. The molecule has 2 nitrogen and oxygen atoms in total. The van der Waals surface area contributed by atoms with Crippen molar-refractivity contribution in [2.24, 2.45) is 5.10 Å². The van der Waals surface area contributed by atoms with Gasteiger partial charge in [-0.25, -0.2) is 4.68 Å².